The van der Waals surface area contributed by atoms with Crippen LogP contribution in [0.1, 0.15) is 35.7 Å². The topological polar surface area (TPSA) is 62.0 Å². The van der Waals surface area contributed by atoms with Gasteiger partial charge >= 0.3 is 6.18 Å². The van der Waals surface area contributed by atoms with Crippen molar-refractivity contribution >= 4 is 16.8 Å². The standard InChI is InChI=1S/C17H15F3N2O2/c1-16(6-2-3-7-16)22-15(24)12-8-10-4-5-11(17(18,19)20)9-13(10)21-14(12)23/h2-5,8-9H,6-7H2,1H3,(H,21,23)(H,22,24). The van der Waals surface area contributed by atoms with Crippen molar-refractivity contribution in [3.05, 3.63) is 57.9 Å². The van der Waals surface area contributed by atoms with E-state index >= 15 is 0 Å². The van der Waals surface area contributed by atoms with Gasteiger partial charge in [-0.2, -0.15) is 13.2 Å². The average Bonchev–Trinajstić information content (AvgIpc) is 2.91. The van der Waals surface area contributed by atoms with Crippen LogP contribution >= 0.6 is 0 Å². The summed E-state index contributed by atoms with van der Waals surface area (Å²) in [5.41, 5.74) is -2.09. The molecule has 7 heteroatoms. The molecule has 1 aromatic carbocycles. The van der Waals surface area contributed by atoms with Crippen LogP contribution in [0.5, 0.6) is 0 Å². The molecule has 0 unspecified atom stereocenters. The van der Waals surface area contributed by atoms with E-state index in [1.807, 2.05) is 19.1 Å². The molecule has 0 aliphatic heterocycles. The van der Waals surface area contributed by atoms with E-state index in [1.165, 1.54) is 12.1 Å². The lowest BCUT2D eigenvalue weighted by atomic mass is 9.99. The molecule has 1 amide bonds. The minimum atomic E-state index is -4.49. The fourth-order valence-corrected chi connectivity index (χ4v) is 2.76. The maximum Gasteiger partial charge on any atom is 0.416 e. The molecule has 1 aromatic heterocycles. The fraction of sp³-hybridized carbons (Fsp3) is 0.294. The van der Waals surface area contributed by atoms with E-state index in [0.29, 0.717) is 18.2 Å². The molecule has 24 heavy (non-hydrogen) atoms. The van der Waals surface area contributed by atoms with Gasteiger partial charge in [0, 0.05) is 11.1 Å². The first-order valence-electron chi connectivity index (χ1n) is 7.40. The third kappa shape index (κ3) is 3.06. The number of rotatable bonds is 2. The Balaban J connectivity index is 1.96. The van der Waals surface area contributed by atoms with Crippen molar-refractivity contribution in [1.29, 1.82) is 0 Å². The summed E-state index contributed by atoms with van der Waals surface area (Å²) >= 11 is 0. The third-order valence-electron chi connectivity index (χ3n) is 4.14. The van der Waals surface area contributed by atoms with Gasteiger partial charge in [-0.15, -0.1) is 0 Å². The van der Waals surface area contributed by atoms with Crippen molar-refractivity contribution in [2.45, 2.75) is 31.5 Å². The van der Waals surface area contributed by atoms with Crippen LogP contribution in [0, 0.1) is 0 Å². The number of hydrogen-bond donors (Lipinski definition) is 2. The minimum Gasteiger partial charge on any atom is -0.346 e. The lowest BCUT2D eigenvalue weighted by molar-refractivity contribution is -0.137. The number of aromatic nitrogens is 1. The number of alkyl halides is 3. The van der Waals surface area contributed by atoms with Crippen LogP contribution < -0.4 is 10.9 Å². The first kappa shape index (κ1) is 16.3. The number of pyridine rings is 1. The minimum absolute atomic E-state index is 0.0418. The Hall–Kier alpha value is -2.57. The van der Waals surface area contributed by atoms with Crippen LogP contribution in [0.4, 0.5) is 13.2 Å². The van der Waals surface area contributed by atoms with Crippen molar-refractivity contribution in [2.24, 2.45) is 0 Å². The van der Waals surface area contributed by atoms with E-state index in [0.717, 1.165) is 12.1 Å². The van der Waals surface area contributed by atoms with Crippen LogP contribution in [0.25, 0.3) is 10.9 Å². The van der Waals surface area contributed by atoms with Crippen molar-refractivity contribution in [1.82, 2.24) is 10.3 Å². The molecule has 0 fully saturated rings. The third-order valence-corrected chi connectivity index (χ3v) is 4.14. The summed E-state index contributed by atoms with van der Waals surface area (Å²) in [6, 6.07) is 4.34. The summed E-state index contributed by atoms with van der Waals surface area (Å²) in [5, 5.41) is 3.17. The number of hydrogen-bond acceptors (Lipinski definition) is 2. The summed E-state index contributed by atoms with van der Waals surface area (Å²) < 4.78 is 38.2. The smallest absolute Gasteiger partial charge is 0.346 e. The van der Waals surface area contributed by atoms with Crippen LogP contribution in [-0.4, -0.2) is 16.4 Å². The molecule has 0 radical (unpaired) electrons. The van der Waals surface area contributed by atoms with Gasteiger partial charge in [-0.3, -0.25) is 9.59 Å². The maximum absolute atomic E-state index is 12.7. The quantitative estimate of drug-likeness (QED) is 0.826. The summed E-state index contributed by atoms with van der Waals surface area (Å²) in [6.45, 7) is 1.87. The largest absolute Gasteiger partial charge is 0.416 e. The second-order valence-electron chi connectivity index (χ2n) is 6.21. The second kappa shape index (κ2) is 5.51. The summed E-state index contributed by atoms with van der Waals surface area (Å²) in [5.74, 6) is -0.538. The molecule has 126 valence electrons. The number of amides is 1. The molecule has 4 nitrogen and oxygen atoms in total. The monoisotopic (exact) mass is 336 g/mol. The number of benzene rings is 1. The predicted octanol–water partition coefficient (Wildman–Crippen LogP) is 3.39. The van der Waals surface area contributed by atoms with Crippen molar-refractivity contribution < 1.29 is 18.0 Å². The van der Waals surface area contributed by atoms with Gasteiger partial charge in [0.15, 0.2) is 0 Å². The average molecular weight is 336 g/mol. The van der Waals surface area contributed by atoms with E-state index in [1.54, 1.807) is 0 Å². The molecule has 2 N–H and O–H groups in total. The van der Waals surface area contributed by atoms with E-state index in [4.69, 9.17) is 0 Å². The highest BCUT2D eigenvalue weighted by Crippen LogP contribution is 2.31. The van der Waals surface area contributed by atoms with Crippen molar-refractivity contribution in [3.63, 3.8) is 0 Å². The Morgan fingerprint density at radius 2 is 1.88 bits per heavy atom. The zero-order valence-corrected chi connectivity index (χ0v) is 12.8. The molecule has 0 saturated carbocycles. The van der Waals surface area contributed by atoms with Gasteiger partial charge in [0.2, 0.25) is 0 Å². The predicted molar refractivity (Wildman–Crippen MR) is 83.8 cm³/mol. The molecule has 0 saturated heterocycles. The molecular weight excluding hydrogens is 321 g/mol. The molecule has 1 heterocycles. The molecule has 2 aromatic rings. The maximum atomic E-state index is 12.7. The molecular formula is C17H15F3N2O2. The molecule has 3 rings (SSSR count). The first-order valence-corrected chi connectivity index (χ1v) is 7.40. The van der Waals surface area contributed by atoms with Gasteiger partial charge in [-0.1, -0.05) is 18.2 Å². The fourth-order valence-electron chi connectivity index (χ4n) is 2.76. The zero-order valence-electron chi connectivity index (χ0n) is 12.8. The molecule has 0 spiro atoms. The van der Waals surface area contributed by atoms with Crippen LogP contribution in [0.3, 0.4) is 0 Å². The van der Waals surface area contributed by atoms with Gasteiger partial charge in [0.25, 0.3) is 11.5 Å². The van der Waals surface area contributed by atoms with Crippen LogP contribution in [0.15, 0.2) is 41.2 Å². The van der Waals surface area contributed by atoms with Gasteiger partial charge in [0.05, 0.1) is 5.56 Å². The summed E-state index contributed by atoms with van der Waals surface area (Å²) in [6.07, 6.45) is 0.733. The van der Waals surface area contributed by atoms with Gasteiger partial charge in [-0.25, -0.2) is 0 Å². The van der Waals surface area contributed by atoms with Crippen molar-refractivity contribution in [3.8, 4) is 0 Å². The lowest BCUT2D eigenvalue weighted by Gasteiger charge is -2.25. The van der Waals surface area contributed by atoms with Gasteiger partial charge in [-0.05, 0) is 43.4 Å². The Bertz CT molecular complexity index is 889. The molecule has 0 atom stereocenters. The Labute approximate surface area is 135 Å². The molecule has 0 bridgehead atoms. The van der Waals surface area contributed by atoms with E-state index < -0.39 is 28.7 Å². The Morgan fingerprint density at radius 3 is 2.50 bits per heavy atom. The van der Waals surface area contributed by atoms with Gasteiger partial charge in [0.1, 0.15) is 5.56 Å². The van der Waals surface area contributed by atoms with Crippen molar-refractivity contribution in [2.75, 3.05) is 0 Å². The second-order valence-corrected chi connectivity index (χ2v) is 6.21. The highest BCUT2D eigenvalue weighted by Gasteiger charge is 2.31. The highest BCUT2D eigenvalue weighted by atomic mass is 19.4. The molecule has 1 aliphatic carbocycles. The number of aromatic amines is 1. The number of halogens is 3. The number of fused-ring (bicyclic) bond motifs is 1. The Kier molecular flexibility index (Phi) is 3.74. The Morgan fingerprint density at radius 1 is 1.21 bits per heavy atom. The van der Waals surface area contributed by atoms with E-state index in [9.17, 15) is 22.8 Å². The van der Waals surface area contributed by atoms with Crippen LogP contribution in [-0.2, 0) is 6.18 Å². The summed E-state index contributed by atoms with van der Waals surface area (Å²) in [4.78, 5) is 26.8. The highest BCUT2D eigenvalue weighted by molar-refractivity contribution is 5.97. The number of carbonyl (C=O) groups is 1. The van der Waals surface area contributed by atoms with Crippen LogP contribution in [0.2, 0.25) is 0 Å². The van der Waals surface area contributed by atoms with E-state index in [2.05, 4.69) is 10.3 Å². The number of carbonyl (C=O) groups excluding carboxylic acids is 1. The lowest BCUT2D eigenvalue weighted by Crippen LogP contribution is -2.45. The van der Waals surface area contributed by atoms with Gasteiger partial charge < -0.3 is 10.3 Å². The molecule has 1 aliphatic rings. The normalized spacial score (nSPS) is 16.5. The van der Waals surface area contributed by atoms with E-state index in [-0.39, 0.29) is 11.1 Å². The SMILES string of the molecule is CC1(NC(=O)c2cc3ccc(C(F)(F)F)cc3[nH]c2=O)CC=CC1. The number of H-pyrrole nitrogens is 1. The number of nitrogens with one attached hydrogen (secondary N) is 2. The summed E-state index contributed by atoms with van der Waals surface area (Å²) in [7, 11) is 0. The zero-order chi connectivity index (χ0) is 17.5. The first-order chi connectivity index (χ1) is 11.2.